The molecule has 126 valence electrons. The molecule has 1 amide bonds. The number of fused-ring (bicyclic) bond motifs is 1. The number of carbonyl (C=O) groups excluding carboxylic acids is 1. The fraction of sp³-hybridized carbons (Fsp3) is 0.316. The average molecular weight is 343 g/mol. The van der Waals surface area contributed by atoms with Crippen molar-refractivity contribution >= 4 is 21.4 Å². The summed E-state index contributed by atoms with van der Waals surface area (Å²) in [6.45, 7) is 5.82. The number of benzene rings is 2. The van der Waals surface area contributed by atoms with Crippen molar-refractivity contribution in [2.75, 3.05) is 11.4 Å². The third-order valence-electron chi connectivity index (χ3n) is 4.43. The molecule has 0 aromatic heterocycles. The first kappa shape index (κ1) is 16.7. The summed E-state index contributed by atoms with van der Waals surface area (Å²) in [5, 5.41) is -0.570. The second-order valence-electron chi connectivity index (χ2n) is 6.43. The highest BCUT2D eigenvalue weighted by atomic mass is 32.2. The lowest BCUT2D eigenvalue weighted by molar-refractivity contribution is 0.0986. The highest BCUT2D eigenvalue weighted by Crippen LogP contribution is 2.31. The molecule has 5 heteroatoms. The zero-order valence-electron chi connectivity index (χ0n) is 14.1. The van der Waals surface area contributed by atoms with E-state index in [-0.39, 0.29) is 16.4 Å². The number of hydrogen-bond donors (Lipinski definition) is 0. The van der Waals surface area contributed by atoms with Crippen LogP contribution < -0.4 is 4.90 Å². The molecule has 0 atom stereocenters. The van der Waals surface area contributed by atoms with Crippen molar-refractivity contribution in [3.05, 3.63) is 59.2 Å². The van der Waals surface area contributed by atoms with Gasteiger partial charge in [0.25, 0.3) is 5.91 Å². The summed E-state index contributed by atoms with van der Waals surface area (Å²) in [6.07, 6.45) is 0.792. The van der Waals surface area contributed by atoms with E-state index in [9.17, 15) is 13.2 Å². The molecule has 1 aliphatic rings. The van der Waals surface area contributed by atoms with Gasteiger partial charge in [-0.2, -0.15) is 0 Å². The fourth-order valence-electron chi connectivity index (χ4n) is 2.99. The van der Waals surface area contributed by atoms with Gasteiger partial charge >= 0.3 is 0 Å². The second-order valence-corrected chi connectivity index (χ2v) is 8.90. The maximum absolute atomic E-state index is 13.1. The van der Waals surface area contributed by atoms with Crippen molar-refractivity contribution < 1.29 is 13.2 Å². The number of amides is 1. The molecular weight excluding hydrogens is 322 g/mol. The Hall–Kier alpha value is -2.14. The summed E-state index contributed by atoms with van der Waals surface area (Å²) < 4.78 is 25.2. The highest BCUT2D eigenvalue weighted by Gasteiger charge is 2.31. The lowest BCUT2D eigenvalue weighted by atomic mass is 10.1. The van der Waals surface area contributed by atoms with E-state index < -0.39 is 15.1 Å². The van der Waals surface area contributed by atoms with E-state index in [1.165, 1.54) is 6.07 Å². The van der Waals surface area contributed by atoms with Crippen LogP contribution in [0, 0.1) is 6.92 Å². The second kappa shape index (κ2) is 6.06. The summed E-state index contributed by atoms with van der Waals surface area (Å²) in [6, 6.07) is 12.5. The average Bonchev–Trinajstić information content (AvgIpc) is 2.97. The van der Waals surface area contributed by atoms with Gasteiger partial charge in [0, 0.05) is 12.2 Å². The first-order valence-electron chi connectivity index (χ1n) is 8.06. The predicted octanol–water partition coefficient (Wildman–Crippen LogP) is 3.38. The number of carbonyl (C=O) groups is 1. The van der Waals surface area contributed by atoms with E-state index in [4.69, 9.17) is 0 Å². The Kier molecular flexibility index (Phi) is 4.22. The predicted molar refractivity (Wildman–Crippen MR) is 95.3 cm³/mol. The Morgan fingerprint density at radius 1 is 1.12 bits per heavy atom. The van der Waals surface area contributed by atoms with E-state index in [1.807, 2.05) is 25.1 Å². The molecular formula is C19H21NO3S. The standard InChI is InChI=1S/C19H21NO3S/c1-13(2)24(22,23)18-7-5-4-6-16(18)19(21)20-11-10-15-9-8-14(3)12-17(15)20/h4-9,12-13H,10-11H2,1-3H3. The summed E-state index contributed by atoms with van der Waals surface area (Å²) in [7, 11) is -3.52. The molecule has 3 rings (SSSR count). The third-order valence-corrected chi connectivity index (χ3v) is 6.64. The normalized spacial score (nSPS) is 14.1. The van der Waals surface area contributed by atoms with Gasteiger partial charge in [-0.15, -0.1) is 0 Å². The maximum atomic E-state index is 13.1. The Bertz CT molecular complexity index is 901. The quantitative estimate of drug-likeness (QED) is 0.858. The van der Waals surface area contributed by atoms with Crippen molar-refractivity contribution in [1.82, 2.24) is 0 Å². The SMILES string of the molecule is Cc1ccc2c(c1)N(C(=O)c1ccccc1S(=O)(=O)C(C)C)CC2. The Morgan fingerprint density at radius 2 is 1.83 bits per heavy atom. The number of anilines is 1. The molecule has 0 saturated carbocycles. The highest BCUT2D eigenvalue weighted by molar-refractivity contribution is 7.92. The number of aryl methyl sites for hydroxylation is 1. The van der Waals surface area contributed by atoms with Gasteiger partial charge in [0.2, 0.25) is 0 Å². The van der Waals surface area contributed by atoms with Gasteiger partial charge in [-0.05, 0) is 56.5 Å². The van der Waals surface area contributed by atoms with Crippen LogP contribution in [0.4, 0.5) is 5.69 Å². The van der Waals surface area contributed by atoms with Gasteiger partial charge in [0.15, 0.2) is 9.84 Å². The largest absolute Gasteiger partial charge is 0.308 e. The Balaban J connectivity index is 2.07. The summed E-state index contributed by atoms with van der Waals surface area (Å²) in [4.78, 5) is 14.9. The fourth-order valence-corrected chi connectivity index (χ4v) is 4.23. The molecule has 0 spiro atoms. The minimum atomic E-state index is -3.52. The number of hydrogen-bond acceptors (Lipinski definition) is 3. The van der Waals surface area contributed by atoms with Gasteiger partial charge in [-0.3, -0.25) is 4.79 Å². The zero-order valence-corrected chi connectivity index (χ0v) is 14.9. The van der Waals surface area contributed by atoms with Gasteiger partial charge in [0.1, 0.15) is 0 Å². The first-order valence-corrected chi connectivity index (χ1v) is 9.61. The molecule has 0 fully saturated rings. The van der Waals surface area contributed by atoms with Gasteiger partial charge < -0.3 is 4.90 Å². The number of rotatable bonds is 3. The van der Waals surface area contributed by atoms with Crippen molar-refractivity contribution in [1.29, 1.82) is 0 Å². The van der Waals surface area contributed by atoms with Crippen LogP contribution in [0.3, 0.4) is 0 Å². The lowest BCUT2D eigenvalue weighted by Gasteiger charge is -2.20. The van der Waals surface area contributed by atoms with Crippen LogP contribution >= 0.6 is 0 Å². The van der Waals surface area contributed by atoms with Crippen LogP contribution in [0.15, 0.2) is 47.4 Å². The number of nitrogens with zero attached hydrogens (tertiary/aromatic N) is 1. The van der Waals surface area contributed by atoms with Crippen molar-refractivity contribution in [2.24, 2.45) is 0 Å². The molecule has 2 aromatic rings. The van der Waals surface area contributed by atoms with Crippen LogP contribution in [0.25, 0.3) is 0 Å². The molecule has 0 bridgehead atoms. The molecule has 4 nitrogen and oxygen atoms in total. The van der Waals surface area contributed by atoms with Crippen molar-refractivity contribution in [3.63, 3.8) is 0 Å². The topological polar surface area (TPSA) is 54.5 Å². The molecule has 0 radical (unpaired) electrons. The molecule has 0 aliphatic carbocycles. The monoisotopic (exact) mass is 343 g/mol. The van der Waals surface area contributed by atoms with Gasteiger partial charge in [-0.1, -0.05) is 24.3 Å². The molecule has 0 N–H and O–H groups in total. The molecule has 0 saturated heterocycles. The summed E-state index contributed by atoms with van der Waals surface area (Å²) >= 11 is 0. The minimum absolute atomic E-state index is 0.117. The van der Waals surface area contributed by atoms with E-state index >= 15 is 0 Å². The van der Waals surface area contributed by atoms with Gasteiger partial charge in [-0.25, -0.2) is 8.42 Å². The van der Waals surface area contributed by atoms with Crippen LogP contribution in [0.1, 0.15) is 35.3 Å². The summed E-state index contributed by atoms with van der Waals surface area (Å²) in [5.41, 5.74) is 3.34. The van der Waals surface area contributed by atoms with Crippen molar-refractivity contribution in [2.45, 2.75) is 37.3 Å². The first-order chi connectivity index (χ1) is 11.3. The molecule has 1 aliphatic heterocycles. The molecule has 2 aromatic carbocycles. The van der Waals surface area contributed by atoms with E-state index in [0.717, 1.165) is 23.2 Å². The van der Waals surface area contributed by atoms with E-state index in [0.29, 0.717) is 6.54 Å². The van der Waals surface area contributed by atoms with Gasteiger partial charge in [0.05, 0.1) is 15.7 Å². The van der Waals surface area contributed by atoms with Crippen LogP contribution in [0.2, 0.25) is 0 Å². The van der Waals surface area contributed by atoms with E-state index in [1.54, 1.807) is 36.9 Å². The Morgan fingerprint density at radius 3 is 2.54 bits per heavy atom. The maximum Gasteiger partial charge on any atom is 0.259 e. The van der Waals surface area contributed by atoms with Crippen molar-refractivity contribution in [3.8, 4) is 0 Å². The van der Waals surface area contributed by atoms with E-state index in [2.05, 4.69) is 0 Å². The minimum Gasteiger partial charge on any atom is -0.308 e. The number of sulfone groups is 1. The molecule has 1 heterocycles. The lowest BCUT2D eigenvalue weighted by Crippen LogP contribution is -2.31. The summed E-state index contributed by atoms with van der Waals surface area (Å²) in [5.74, 6) is -0.251. The molecule has 0 unspecified atom stereocenters. The Labute approximate surface area is 143 Å². The zero-order chi connectivity index (χ0) is 17.5. The third kappa shape index (κ3) is 2.73. The molecule has 24 heavy (non-hydrogen) atoms. The van der Waals surface area contributed by atoms with Crippen LogP contribution in [0.5, 0.6) is 0 Å². The van der Waals surface area contributed by atoms with Crippen LogP contribution in [-0.4, -0.2) is 26.1 Å². The smallest absolute Gasteiger partial charge is 0.259 e. The van der Waals surface area contributed by atoms with Crippen LogP contribution in [-0.2, 0) is 16.3 Å².